The Bertz CT molecular complexity index is 898. The van der Waals surface area contributed by atoms with Crippen molar-refractivity contribution < 1.29 is 0 Å². The van der Waals surface area contributed by atoms with Crippen LogP contribution >= 0.6 is 11.3 Å². The second-order valence-electron chi connectivity index (χ2n) is 6.17. The number of aromatic amines is 1. The minimum absolute atomic E-state index is 0.0301. The quantitative estimate of drug-likeness (QED) is 0.802. The number of aryl methyl sites for hydroxylation is 1. The molecule has 5 heteroatoms. The number of nitrogens with one attached hydrogen (secondary N) is 1. The molecule has 1 aliphatic carbocycles. The maximum absolute atomic E-state index is 12.1. The molecular formula is C18H19N3OS. The van der Waals surface area contributed by atoms with Gasteiger partial charge in [-0.2, -0.15) is 0 Å². The first-order chi connectivity index (χ1) is 11.2. The van der Waals surface area contributed by atoms with Crippen molar-refractivity contribution in [1.29, 1.82) is 0 Å². The van der Waals surface area contributed by atoms with Gasteiger partial charge in [-0.25, -0.2) is 4.98 Å². The second-order valence-corrected chi connectivity index (χ2v) is 7.09. The Kier molecular flexibility index (Phi) is 3.75. The van der Waals surface area contributed by atoms with Crippen LogP contribution in [0.15, 0.2) is 40.5 Å². The van der Waals surface area contributed by atoms with Crippen LogP contribution in [0.25, 0.3) is 10.2 Å². The van der Waals surface area contributed by atoms with Crippen molar-refractivity contribution in [1.82, 2.24) is 14.9 Å². The van der Waals surface area contributed by atoms with Crippen LogP contribution in [-0.4, -0.2) is 21.9 Å². The fourth-order valence-electron chi connectivity index (χ4n) is 3.53. The van der Waals surface area contributed by atoms with E-state index in [-0.39, 0.29) is 5.56 Å². The number of aromatic nitrogens is 2. The minimum atomic E-state index is -0.0301. The maximum Gasteiger partial charge on any atom is 0.268 e. The lowest BCUT2D eigenvalue weighted by Crippen LogP contribution is -2.29. The van der Waals surface area contributed by atoms with E-state index < -0.39 is 0 Å². The number of H-pyrrole nitrogens is 1. The number of hydrogen-bond acceptors (Lipinski definition) is 4. The predicted molar refractivity (Wildman–Crippen MR) is 93.8 cm³/mol. The van der Waals surface area contributed by atoms with Crippen LogP contribution in [0.2, 0.25) is 0 Å². The van der Waals surface area contributed by atoms with Crippen molar-refractivity contribution in [2.45, 2.75) is 31.8 Å². The third-order valence-electron chi connectivity index (χ3n) is 4.63. The van der Waals surface area contributed by atoms with Gasteiger partial charge in [-0.3, -0.25) is 9.69 Å². The molecule has 0 saturated carbocycles. The number of thiophene rings is 1. The zero-order valence-corrected chi connectivity index (χ0v) is 13.9. The molecule has 118 valence electrons. The van der Waals surface area contributed by atoms with Gasteiger partial charge in [-0.15, -0.1) is 11.3 Å². The summed E-state index contributed by atoms with van der Waals surface area (Å²) in [5, 5.41) is 1.91. The fraction of sp³-hybridized carbons (Fsp3) is 0.333. The Morgan fingerprint density at radius 2 is 2.22 bits per heavy atom. The monoisotopic (exact) mass is 325 g/mol. The van der Waals surface area contributed by atoms with Crippen LogP contribution in [0, 0.1) is 0 Å². The molecule has 0 amide bonds. The molecule has 0 saturated heterocycles. The minimum Gasteiger partial charge on any atom is -0.308 e. The summed E-state index contributed by atoms with van der Waals surface area (Å²) in [5.74, 6) is 0.742. The second kappa shape index (κ2) is 5.91. The zero-order valence-electron chi connectivity index (χ0n) is 13.1. The molecule has 1 aromatic carbocycles. The van der Waals surface area contributed by atoms with Gasteiger partial charge in [0.2, 0.25) is 0 Å². The highest BCUT2D eigenvalue weighted by Gasteiger charge is 2.23. The van der Waals surface area contributed by atoms with Crippen molar-refractivity contribution in [3.63, 3.8) is 0 Å². The molecule has 0 unspecified atom stereocenters. The SMILES string of the molecule is CN(Cc1nc2ccsc2c(=O)[nH]1)[C@H]1CCCc2ccccc21. The molecule has 2 heterocycles. The lowest BCUT2D eigenvalue weighted by atomic mass is 9.87. The molecule has 1 aliphatic rings. The van der Waals surface area contributed by atoms with Gasteiger partial charge in [0.1, 0.15) is 10.5 Å². The summed E-state index contributed by atoms with van der Waals surface area (Å²) >= 11 is 1.44. The van der Waals surface area contributed by atoms with Gasteiger partial charge < -0.3 is 4.98 Å². The lowest BCUT2D eigenvalue weighted by Gasteiger charge is -2.33. The van der Waals surface area contributed by atoms with Crippen LogP contribution in [0.3, 0.4) is 0 Å². The molecule has 0 fully saturated rings. The van der Waals surface area contributed by atoms with Gasteiger partial charge in [-0.05, 0) is 48.9 Å². The fourth-order valence-corrected chi connectivity index (χ4v) is 4.25. The molecule has 2 aromatic heterocycles. The van der Waals surface area contributed by atoms with Gasteiger partial charge in [0.15, 0.2) is 0 Å². The molecular weight excluding hydrogens is 306 g/mol. The van der Waals surface area contributed by atoms with E-state index in [9.17, 15) is 4.79 Å². The van der Waals surface area contributed by atoms with Gasteiger partial charge in [0.05, 0.1) is 12.1 Å². The van der Waals surface area contributed by atoms with Crippen molar-refractivity contribution >= 4 is 21.6 Å². The van der Waals surface area contributed by atoms with E-state index in [1.807, 2.05) is 11.4 Å². The highest BCUT2D eigenvalue weighted by Crippen LogP contribution is 2.33. The van der Waals surface area contributed by atoms with Crippen LogP contribution in [0.5, 0.6) is 0 Å². The molecule has 4 nitrogen and oxygen atoms in total. The van der Waals surface area contributed by atoms with Gasteiger partial charge in [0.25, 0.3) is 5.56 Å². The van der Waals surface area contributed by atoms with Crippen LogP contribution < -0.4 is 5.56 Å². The van der Waals surface area contributed by atoms with Gasteiger partial charge in [-0.1, -0.05) is 24.3 Å². The van der Waals surface area contributed by atoms with E-state index in [1.165, 1.54) is 28.9 Å². The van der Waals surface area contributed by atoms with Gasteiger partial charge >= 0.3 is 0 Å². The van der Waals surface area contributed by atoms with Crippen LogP contribution in [-0.2, 0) is 13.0 Å². The Hall–Kier alpha value is -1.98. The highest BCUT2D eigenvalue weighted by molar-refractivity contribution is 7.17. The Balaban J connectivity index is 1.62. The smallest absolute Gasteiger partial charge is 0.268 e. The van der Waals surface area contributed by atoms with Crippen LogP contribution in [0.4, 0.5) is 0 Å². The molecule has 1 N–H and O–H groups in total. The molecule has 4 rings (SSSR count). The molecule has 1 atom stereocenters. The van der Waals surface area contributed by atoms with Crippen molar-refractivity contribution in [2.75, 3.05) is 7.05 Å². The maximum atomic E-state index is 12.1. The number of rotatable bonds is 3. The average Bonchev–Trinajstić information content (AvgIpc) is 3.03. The number of nitrogens with zero attached hydrogens (tertiary/aromatic N) is 2. The Labute approximate surface area is 138 Å². The topological polar surface area (TPSA) is 49.0 Å². The van der Waals surface area contributed by atoms with Crippen molar-refractivity contribution in [2.24, 2.45) is 0 Å². The Morgan fingerprint density at radius 3 is 3.13 bits per heavy atom. The van der Waals surface area contributed by atoms with E-state index in [0.29, 0.717) is 17.3 Å². The molecule has 3 aromatic rings. The first-order valence-corrected chi connectivity index (χ1v) is 8.85. The van der Waals surface area contributed by atoms with Crippen molar-refractivity contribution in [3.05, 3.63) is 63.0 Å². The normalized spacial score (nSPS) is 17.6. The molecule has 0 spiro atoms. The van der Waals surface area contributed by atoms with E-state index in [1.54, 1.807) is 0 Å². The summed E-state index contributed by atoms with van der Waals surface area (Å²) in [7, 11) is 2.12. The van der Waals surface area contributed by atoms with E-state index in [2.05, 4.69) is 46.2 Å². The lowest BCUT2D eigenvalue weighted by molar-refractivity contribution is 0.208. The van der Waals surface area contributed by atoms with E-state index in [4.69, 9.17) is 0 Å². The van der Waals surface area contributed by atoms with Crippen molar-refractivity contribution in [3.8, 4) is 0 Å². The first-order valence-electron chi connectivity index (χ1n) is 7.97. The molecule has 23 heavy (non-hydrogen) atoms. The molecule has 0 radical (unpaired) electrons. The predicted octanol–water partition coefficient (Wildman–Crippen LogP) is 3.49. The summed E-state index contributed by atoms with van der Waals surface area (Å²) < 4.78 is 0.708. The number of benzene rings is 1. The summed E-state index contributed by atoms with van der Waals surface area (Å²) in [6, 6.07) is 11.0. The molecule has 0 bridgehead atoms. The zero-order chi connectivity index (χ0) is 15.8. The Morgan fingerprint density at radius 1 is 1.35 bits per heavy atom. The summed E-state index contributed by atoms with van der Waals surface area (Å²) in [6.07, 6.45) is 3.52. The van der Waals surface area contributed by atoms with Crippen LogP contribution in [0.1, 0.15) is 35.8 Å². The average molecular weight is 325 g/mol. The standard InChI is InChI=1S/C18H19N3OS/c1-21(15-8-4-6-12-5-2-3-7-13(12)15)11-16-19-14-9-10-23-17(14)18(22)20-16/h2-3,5,7,9-10,15H,4,6,8,11H2,1H3,(H,19,20,22)/t15-/m0/s1. The third-order valence-corrected chi connectivity index (χ3v) is 5.54. The summed E-state index contributed by atoms with van der Waals surface area (Å²) in [6.45, 7) is 0.653. The van der Waals surface area contributed by atoms with Gasteiger partial charge in [0, 0.05) is 6.04 Å². The molecule has 0 aliphatic heterocycles. The summed E-state index contributed by atoms with van der Waals surface area (Å²) in [4.78, 5) is 21.9. The number of hydrogen-bond donors (Lipinski definition) is 1. The van der Waals surface area contributed by atoms with E-state index >= 15 is 0 Å². The highest BCUT2D eigenvalue weighted by atomic mass is 32.1. The first kappa shape index (κ1) is 14.6. The largest absolute Gasteiger partial charge is 0.308 e. The number of fused-ring (bicyclic) bond motifs is 2. The third kappa shape index (κ3) is 2.71. The van der Waals surface area contributed by atoms with E-state index in [0.717, 1.165) is 24.2 Å². The summed E-state index contributed by atoms with van der Waals surface area (Å²) in [5.41, 5.74) is 3.63.